The molecule has 2 heterocycles. The summed E-state index contributed by atoms with van der Waals surface area (Å²) in [7, 11) is 0. The largest absolute Gasteiger partial charge is 0.397 e. The Kier molecular flexibility index (Phi) is 5.95. The summed E-state index contributed by atoms with van der Waals surface area (Å²) in [6, 6.07) is 24.5. The number of pyridine rings is 1. The highest BCUT2D eigenvalue weighted by Gasteiger charge is 2.22. The predicted molar refractivity (Wildman–Crippen MR) is 145 cm³/mol. The SMILES string of the molecule is Cc1ccc(-c2cc(-c3ccccc3)c3c(N)c(C(=O)Nc4ccc(C)c([N+](=O)[O-])c4)sc3n2)cc1. The van der Waals surface area contributed by atoms with Crippen molar-refractivity contribution in [2.24, 2.45) is 0 Å². The molecule has 0 saturated carbocycles. The van der Waals surface area contributed by atoms with E-state index in [9.17, 15) is 14.9 Å². The molecule has 3 aromatic carbocycles. The summed E-state index contributed by atoms with van der Waals surface area (Å²) < 4.78 is 0. The smallest absolute Gasteiger partial charge is 0.274 e. The van der Waals surface area contributed by atoms with E-state index in [0.29, 0.717) is 32.0 Å². The maximum atomic E-state index is 13.2. The van der Waals surface area contributed by atoms with Gasteiger partial charge in [0, 0.05) is 28.3 Å². The fourth-order valence-electron chi connectivity index (χ4n) is 4.08. The van der Waals surface area contributed by atoms with Crippen molar-refractivity contribution in [2.75, 3.05) is 11.1 Å². The summed E-state index contributed by atoms with van der Waals surface area (Å²) in [5.74, 6) is -0.440. The van der Waals surface area contributed by atoms with E-state index in [0.717, 1.165) is 27.9 Å². The van der Waals surface area contributed by atoms with Crippen LogP contribution in [0.3, 0.4) is 0 Å². The number of thiophene rings is 1. The van der Waals surface area contributed by atoms with Gasteiger partial charge < -0.3 is 11.1 Å². The molecule has 5 aromatic rings. The Bertz CT molecular complexity index is 1630. The number of carbonyl (C=O) groups is 1. The molecule has 5 rings (SSSR count). The first-order valence-electron chi connectivity index (χ1n) is 11.2. The summed E-state index contributed by atoms with van der Waals surface area (Å²) in [5, 5.41) is 14.8. The number of benzene rings is 3. The topological polar surface area (TPSA) is 111 Å². The minimum atomic E-state index is -0.471. The molecule has 178 valence electrons. The molecule has 8 heteroatoms. The summed E-state index contributed by atoms with van der Waals surface area (Å²) in [5.41, 5.74) is 12.4. The number of carbonyl (C=O) groups excluding carboxylic acids is 1. The molecular weight excluding hydrogens is 472 g/mol. The maximum absolute atomic E-state index is 13.2. The molecule has 36 heavy (non-hydrogen) atoms. The average Bonchev–Trinajstić information content (AvgIpc) is 3.22. The lowest BCUT2D eigenvalue weighted by Crippen LogP contribution is -2.12. The third-order valence-corrected chi connectivity index (χ3v) is 7.10. The van der Waals surface area contributed by atoms with Gasteiger partial charge in [-0.1, -0.05) is 66.2 Å². The summed E-state index contributed by atoms with van der Waals surface area (Å²) >= 11 is 1.20. The number of hydrogen-bond donors (Lipinski definition) is 2. The van der Waals surface area contributed by atoms with Gasteiger partial charge in [0.1, 0.15) is 9.71 Å². The highest BCUT2D eigenvalue weighted by atomic mass is 32.1. The first-order chi connectivity index (χ1) is 17.3. The number of rotatable bonds is 5. The predicted octanol–water partition coefficient (Wildman–Crippen LogP) is 6.99. The number of nitro benzene ring substituents is 1. The minimum absolute atomic E-state index is 0.0621. The number of aryl methyl sites for hydroxylation is 2. The number of anilines is 2. The Morgan fingerprint density at radius 3 is 2.39 bits per heavy atom. The Balaban J connectivity index is 1.63. The number of nitrogen functional groups attached to an aromatic ring is 1. The van der Waals surface area contributed by atoms with Gasteiger partial charge in [-0.15, -0.1) is 11.3 Å². The standard InChI is InChI=1S/C28H22N4O3S/c1-16-8-11-19(12-9-16)22-15-21(18-6-4-3-5-7-18)24-25(29)26(36-28(24)31-22)27(33)30-20-13-10-17(2)23(14-20)32(34)35/h3-15H,29H2,1-2H3,(H,30,33). The van der Waals surface area contributed by atoms with Gasteiger partial charge in [-0.25, -0.2) is 4.98 Å². The van der Waals surface area contributed by atoms with Crippen molar-refractivity contribution < 1.29 is 9.72 Å². The molecule has 3 N–H and O–H groups in total. The van der Waals surface area contributed by atoms with Crippen LogP contribution in [-0.2, 0) is 0 Å². The van der Waals surface area contributed by atoms with E-state index in [2.05, 4.69) is 5.32 Å². The molecule has 2 aromatic heterocycles. The number of hydrogen-bond acceptors (Lipinski definition) is 6. The Morgan fingerprint density at radius 1 is 0.972 bits per heavy atom. The second-order valence-corrected chi connectivity index (χ2v) is 9.52. The van der Waals surface area contributed by atoms with Gasteiger partial charge in [-0.2, -0.15) is 0 Å². The van der Waals surface area contributed by atoms with Crippen molar-refractivity contribution in [1.82, 2.24) is 4.98 Å². The van der Waals surface area contributed by atoms with Crippen molar-refractivity contribution in [1.29, 1.82) is 0 Å². The van der Waals surface area contributed by atoms with Crippen LogP contribution in [0.5, 0.6) is 0 Å². The van der Waals surface area contributed by atoms with Crippen LogP contribution in [0.15, 0.2) is 78.9 Å². The molecular formula is C28H22N4O3S. The monoisotopic (exact) mass is 494 g/mol. The van der Waals surface area contributed by atoms with Gasteiger partial charge in [0.25, 0.3) is 11.6 Å². The van der Waals surface area contributed by atoms with Gasteiger partial charge in [-0.3, -0.25) is 14.9 Å². The average molecular weight is 495 g/mol. The zero-order valence-corrected chi connectivity index (χ0v) is 20.4. The molecule has 0 bridgehead atoms. The Labute approximate surface area is 211 Å². The van der Waals surface area contributed by atoms with E-state index in [-0.39, 0.29) is 5.69 Å². The summed E-state index contributed by atoms with van der Waals surface area (Å²) in [6.07, 6.45) is 0. The highest BCUT2D eigenvalue weighted by Crippen LogP contribution is 2.41. The molecule has 0 atom stereocenters. The zero-order valence-electron chi connectivity index (χ0n) is 19.6. The Hall–Kier alpha value is -4.56. The van der Waals surface area contributed by atoms with E-state index >= 15 is 0 Å². The van der Waals surface area contributed by atoms with E-state index < -0.39 is 10.8 Å². The van der Waals surface area contributed by atoms with Crippen LogP contribution in [-0.4, -0.2) is 15.8 Å². The lowest BCUT2D eigenvalue weighted by Gasteiger charge is -2.09. The number of nitrogens with zero attached hydrogens (tertiary/aromatic N) is 2. The van der Waals surface area contributed by atoms with Gasteiger partial charge in [-0.05, 0) is 37.1 Å². The van der Waals surface area contributed by atoms with Crippen LogP contribution >= 0.6 is 11.3 Å². The number of amides is 1. The second kappa shape index (κ2) is 9.24. The Morgan fingerprint density at radius 2 is 1.69 bits per heavy atom. The van der Waals surface area contributed by atoms with E-state index in [4.69, 9.17) is 10.7 Å². The van der Waals surface area contributed by atoms with E-state index in [1.165, 1.54) is 17.4 Å². The van der Waals surface area contributed by atoms with Crippen molar-refractivity contribution in [3.63, 3.8) is 0 Å². The number of nitrogens with one attached hydrogen (secondary N) is 1. The van der Waals surface area contributed by atoms with Crippen molar-refractivity contribution in [3.8, 4) is 22.4 Å². The number of nitrogens with two attached hydrogens (primary N) is 1. The second-order valence-electron chi connectivity index (χ2n) is 8.52. The number of fused-ring (bicyclic) bond motifs is 1. The first-order valence-corrected chi connectivity index (χ1v) is 12.1. The third-order valence-electron chi connectivity index (χ3n) is 6.00. The first kappa shape index (κ1) is 23.2. The fraction of sp³-hybridized carbons (Fsp3) is 0.0714. The summed E-state index contributed by atoms with van der Waals surface area (Å²) in [4.78, 5) is 29.9. The molecule has 0 spiro atoms. The quantitative estimate of drug-likeness (QED) is 0.202. The molecule has 0 radical (unpaired) electrons. The lowest BCUT2D eigenvalue weighted by molar-refractivity contribution is -0.385. The van der Waals surface area contributed by atoms with Crippen LogP contribution in [0.4, 0.5) is 17.1 Å². The minimum Gasteiger partial charge on any atom is -0.397 e. The van der Waals surface area contributed by atoms with Gasteiger partial charge in [0.2, 0.25) is 0 Å². The normalized spacial score (nSPS) is 10.9. The van der Waals surface area contributed by atoms with Crippen molar-refractivity contribution >= 4 is 44.5 Å². The third kappa shape index (κ3) is 4.30. The van der Waals surface area contributed by atoms with Gasteiger partial charge in [0.05, 0.1) is 16.3 Å². The van der Waals surface area contributed by atoms with Crippen LogP contribution in [0.1, 0.15) is 20.8 Å². The number of nitro groups is 1. The van der Waals surface area contributed by atoms with Crippen molar-refractivity contribution in [3.05, 3.63) is 105 Å². The molecule has 0 saturated heterocycles. The number of aromatic nitrogens is 1. The van der Waals surface area contributed by atoms with Gasteiger partial charge >= 0.3 is 0 Å². The van der Waals surface area contributed by atoms with Crippen molar-refractivity contribution in [2.45, 2.75) is 13.8 Å². The van der Waals surface area contributed by atoms with E-state index in [1.807, 2.05) is 67.6 Å². The van der Waals surface area contributed by atoms with E-state index in [1.54, 1.807) is 19.1 Å². The highest BCUT2D eigenvalue weighted by molar-refractivity contribution is 7.21. The van der Waals surface area contributed by atoms with Crippen LogP contribution in [0, 0.1) is 24.0 Å². The molecule has 1 amide bonds. The molecule has 0 unspecified atom stereocenters. The van der Waals surface area contributed by atoms with Crippen LogP contribution in [0.2, 0.25) is 0 Å². The lowest BCUT2D eigenvalue weighted by atomic mass is 9.99. The maximum Gasteiger partial charge on any atom is 0.274 e. The summed E-state index contributed by atoms with van der Waals surface area (Å²) in [6.45, 7) is 3.68. The molecule has 0 aliphatic heterocycles. The molecule has 7 nitrogen and oxygen atoms in total. The van der Waals surface area contributed by atoms with Crippen LogP contribution in [0.25, 0.3) is 32.6 Å². The van der Waals surface area contributed by atoms with Gasteiger partial charge in [0.15, 0.2) is 0 Å². The fourth-order valence-corrected chi connectivity index (χ4v) is 5.09. The van der Waals surface area contributed by atoms with Crippen LogP contribution < -0.4 is 11.1 Å². The molecule has 0 aliphatic rings. The molecule has 0 fully saturated rings. The molecule has 0 aliphatic carbocycles. The zero-order chi connectivity index (χ0) is 25.4.